The van der Waals surface area contributed by atoms with Crippen molar-refractivity contribution >= 4 is 11.8 Å². The number of benzene rings is 1. The molecule has 0 aliphatic carbocycles. The van der Waals surface area contributed by atoms with Crippen molar-refractivity contribution in [1.82, 2.24) is 9.97 Å². The highest BCUT2D eigenvalue weighted by Crippen LogP contribution is 2.35. The molecule has 19 heavy (non-hydrogen) atoms. The van der Waals surface area contributed by atoms with Crippen LogP contribution in [0.1, 0.15) is 16.7 Å². The third-order valence-electron chi connectivity index (χ3n) is 3.13. The SMILES string of the molecule is Cc1cc2c(cc1Cc1cnc(N)nc1N)OCO2. The molecule has 0 unspecified atom stereocenters. The Hall–Kier alpha value is -2.50. The van der Waals surface area contributed by atoms with Crippen molar-refractivity contribution in [3.63, 3.8) is 0 Å². The lowest BCUT2D eigenvalue weighted by Gasteiger charge is -2.09. The molecule has 0 radical (unpaired) electrons. The monoisotopic (exact) mass is 258 g/mol. The predicted octanol–water partition coefficient (Wildman–Crippen LogP) is 1.27. The van der Waals surface area contributed by atoms with E-state index in [1.165, 1.54) is 0 Å². The van der Waals surface area contributed by atoms with Gasteiger partial charge in [-0.1, -0.05) is 0 Å². The molecule has 0 atom stereocenters. The molecule has 4 N–H and O–H groups in total. The quantitative estimate of drug-likeness (QED) is 0.842. The molecule has 1 aliphatic rings. The van der Waals surface area contributed by atoms with E-state index in [1.807, 2.05) is 19.1 Å². The smallest absolute Gasteiger partial charge is 0.231 e. The zero-order valence-electron chi connectivity index (χ0n) is 10.5. The summed E-state index contributed by atoms with van der Waals surface area (Å²) in [4.78, 5) is 7.93. The average molecular weight is 258 g/mol. The molecule has 2 aromatic rings. The lowest BCUT2D eigenvalue weighted by atomic mass is 10.0. The summed E-state index contributed by atoms with van der Waals surface area (Å²) in [6.07, 6.45) is 2.29. The lowest BCUT2D eigenvalue weighted by molar-refractivity contribution is 0.174. The van der Waals surface area contributed by atoms with E-state index in [2.05, 4.69) is 9.97 Å². The highest BCUT2D eigenvalue weighted by atomic mass is 16.7. The summed E-state index contributed by atoms with van der Waals surface area (Å²) in [5, 5.41) is 0. The Labute approximate surface area is 110 Å². The predicted molar refractivity (Wildman–Crippen MR) is 71.0 cm³/mol. The fourth-order valence-electron chi connectivity index (χ4n) is 2.05. The number of nitrogens with two attached hydrogens (primary N) is 2. The number of anilines is 2. The Bertz CT molecular complexity index is 643. The summed E-state index contributed by atoms with van der Waals surface area (Å²) >= 11 is 0. The Kier molecular flexibility index (Phi) is 2.63. The van der Waals surface area contributed by atoms with E-state index in [4.69, 9.17) is 20.9 Å². The van der Waals surface area contributed by atoms with Crippen LogP contribution in [0.25, 0.3) is 0 Å². The third kappa shape index (κ3) is 2.12. The zero-order valence-corrected chi connectivity index (χ0v) is 10.5. The topological polar surface area (TPSA) is 96.3 Å². The van der Waals surface area contributed by atoms with Crippen LogP contribution in [-0.4, -0.2) is 16.8 Å². The number of rotatable bonds is 2. The van der Waals surface area contributed by atoms with Crippen LogP contribution in [-0.2, 0) is 6.42 Å². The van der Waals surface area contributed by atoms with Crippen molar-refractivity contribution in [3.8, 4) is 11.5 Å². The maximum Gasteiger partial charge on any atom is 0.231 e. The normalized spacial score (nSPS) is 12.7. The molecule has 1 aliphatic heterocycles. The van der Waals surface area contributed by atoms with Gasteiger partial charge in [0.25, 0.3) is 0 Å². The minimum absolute atomic E-state index is 0.184. The number of aromatic nitrogens is 2. The molecule has 0 fully saturated rings. The van der Waals surface area contributed by atoms with Crippen molar-refractivity contribution < 1.29 is 9.47 Å². The van der Waals surface area contributed by atoms with E-state index in [0.717, 1.165) is 28.2 Å². The standard InChI is InChI=1S/C13H14N4O2/c1-7-2-10-11(19-6-18-10)4-8(7)3-9-5-16-13(15)17-12(9)14/h2,4-5H,3,6H2,1H3,(H4,14,15,16,17). The molecule has 1 aromatic heterocycles. The largest absolute Gasteiger partial charge is 0.454 e. The first-order valence-electron chi connectivity index (χ1n) is 5.89. The van der Waals surface area contributed by atoms with Gasteiger partial charge in [0.1, 0.15) is 5.82 Å². The third-order valence-corrected chi connectivity index (χ3v) is 3.13. The van der Waals surface area contributed by atoms with Gasteiger partial charge >= 0.3 is 0 Å². The van der Waals surface area contributed by atoms with Crippen molar-refractivity contribution in [2.75, 3.05) is 18.3 Å². The highest BCUT2D eigenvalue weighted by molar-refractivity contribution is 5.51. The number of aryl methyl sites for hydroxylation is 1. The van der Waals surface area contributed by atoms with Gasteiger partial charge in [0.2, 0.25) is 12.7 Å². The summed E-state index contributed by atoms with van der Waals surface area (Å²) in [5.74, 6) is 2.13. The average Bonchev–Trinajstić information content (AvgIpc) is 2.80. The molecule has 6 heteroatoms. The minimum Gasteiger partial charge on any atom is -0.454 e. The second-order valence-electron chi connectivity index (χ2n) is 4.45. The number of ether oxygens (including phenoxy) is 2. The molecule has 0 saturated carbocycles. The van der Waals surface area contributed by atoms with Crippen LogP contribution >= 0.6 is 0 Å². The molecule has 3 rings (SSSR count). The van der Waals surface area contributed by atoms with Crippen molar-refractivity contribution in [1.29, 1.82) is 0 Å². The zero-order chi connectivity index (χ0) is 13.4. The van der Waals surface area contributed by atoms with Gasteiger partial charge in [-0.05, 0) is 30.2 Å². The second-order valence-corrected chi connectivity index (χ2v) is 4.45. The van der Waals surface area contributed by atoms with Crippen LogP contribution in [0.15, 0.2) is 18.3 Å². The first-order chi connectivity index (χ1) is 9.13. The van der Waals surface area contributed by atoms with Gasteiger partial charge in [-0.3, -0.25) is 0 Å². The number of nitrogen functional groups attached to an aromatic ring is 2. The molecule has 0 amide bonds. The van der Waals surface area contributed by atoms with Gasteiger partial charge in [0, 0.05) is 18.2 Å². The number of nitrogens with zero attached hydrogens (tertiary/aromatic N) is 2. The molecular weight excluding hydrogens is 244 g/mol. The van der Waals surface area contributed by atoms with Crippen LogP contribution in [0.2, 0.25) is 0 Å². The molecule has 98 valence electrons. The summed E-state index contributed by atoms with van der Waals surface area (Å²) in [5.41, 5.74) is 14.4. The van der Waals surface area contributed by atoms with Crippen molar-refractivity contribution in [2.45, 2.75) is 13.3 Å². The van der Waals surface area contributed by atoms with Crippen LogP contribution in [0.5, 0.6) is 11.5 Å². The van der Waals surface area contributed by atoms with Gasteiger partial charge in [-0.25, -0.2) is 4.98 Å². The molecule has 0 spiro atoms. The Morgan fingerprint density at radius 1 is 1.16 bits per heavy atom. The van der Waals surface area contributed by atoms with E-state index in [-0.39, 0.29) is 12.7 Å². The van der Waals surface area contributed by atoms with E-state index in [1.54, 1.807) is 6.20 Å². The van der Waals surface area contributed by atoms with Crippen LogP contribution in [0.3, 0.4) is 0 Å². The molecule has 0 saturated heterocycles. The van der Waals surface area contributed by atoms with Crippen LogP contribution < -0.4 is 20.9 Å². The fourth-order valence-corrected chi connectivity index (χ4v) is 2.05. The Morgan fingerprint density at radius 3 is 2.63 bits per heavy atom. The second kappa shape index (κ2) is 4.31. The van der Waals surface area contributed by atoms with E-state index < -0.39 is 0 Å². The highest BCUT2D eigenvalue weighted by Gasteiger charge is 2.16. The van der Waals surface area contributed by atoms with Gasteiger partial charge in [0.15, 0.2) is 11.5 Å². The molecule has 6 nitrogen and oxygen atoms in total. The minimum atomic E-state index is 0.184. The fraction of sp³-hybridized carbons (Fsp3) is 0.231. The van der Waals surface area contributed by atoms with Gasteiger partial charge in [0.05, 0.1) is 0 Å². The van der Waals surface area contributed by atoms with Crippen LogP contribution in [0, 0.1) is 6.92 Å². The first kappa shape index (κ1) is 11.6. The molecular formula is C13H14N4O2. The number of hydrogen-bond acceptors (Lipinski definition) is 6. The Morgan fingerprint density at radius 2 is 1.89 bits per heavy atom. The number of hydrogen-bond donors (Lipinski definition) is 2. The molecule has 2 heterocycles. The maximum atomic E-state index is 5.85. The summed E-state index contributed by atoms with van der Waals surface area (Å²) in [6, 6.07) is 3.93. The van der Waals surface area contributed by atoms with E-state index >= 15 is 0 Å². The van der Waals surface area contributed by atoms with Crippen molar-refractivity contribution in [3.05, 3.63) is 35.0 Å². The van der Waals surface area contributed by atoms with Crippen molar-refractivity contribution in [2.24, 2.45) is 0 Å². The van der Waals surface area contributed by atoms with E-state index in [0.29, 0.717) is 12.2 Å². The molecule has 0 bridgehead atoms. The van der Waals surface area contributed by atoms with Gasteiger partial charge in [-0.2, -0.15) is 4.98 Å². The summed E-state index contributed by atoms with van der Waals surface area (Å²) < 4.78 is 10.7. The Balaban J connectivity index is 1.95. The van der Waals surface area contributed by atoms with Gasteiger partial charge in [-0.15, -0.1) is 0 Å². The molecule has 1 aromatic carbocycles. The lowest BCUT2D eigenvalue weighted by Crippen LogP contribution is -2.04. The van der Waals surface area contributed by atoms with E-state index in [9.17, 15) is 0 Å². The van der Waals surface area contributed by atoms with Crippen LogP contribution in [0.4, 0.5) is 11.8 Å². The maximum absolute atomic E-state index is 5.85. The van der Waals surface area contributed by atoms with Gasteiger partial charge < -0.3 is 20.9 Å². The first-order valence-corrected chi connectivity index (χ1v) is 5.89. The summed E-state index contributed by atoms with van der Waals surface area (Å²) in [6.45, 7) is 2.29. The number of fused-ring (bicyclic) bond motifs is 1. The summed E-state index contributed by atoms with van der Waals surface area (Å²) in [7, 11) is 0.